The van der Waals surface area contributed by atoms with Crippen LogP contribution in [0.4, 0.5) is 4.79 Å². The Morgan fingerprint density at radius 2 is 1.88 bits per heavy atom. The highest BCUT2D eigenvalue weighted by molar-refractivity contribution is 5.79. The number of carbonyl (C=O) groups is 2. The number of benzene rings is 1. The van der Waals surface area contributed by atoms with Gasteiger partial charge in [-0.2, -0.15) is 0 Å². The van der Waals surface area contributed by atoms with Crippen LogP contribution in [0.25, 0.3) is 0 Å². The standard InChI is InChI=1S/C18H26N2O6/c1-18(16(21)22)8-10-20(11-18)17(23)19-9-7-12-5-6-13(24-2)15(26-4)14(12)25-3/h5-6H,7-11H2,1-4H3,(H,19,23)(H,21,22). The number of nitrogens with one attached hydrogen (secondary N) is 1. The number of ether oxygens (including phenoxy) is 3. The van der Waals surface area contributed by atoms with Gasteiger partial charge in [0.15, 0.2) is 11.5 Å². The first kappa shape index (κ1) is 19.7. The molecule has 26 heavy (non-hydrogen) atoms. The number of urea groups is 1. The fourth-order valence-corrected chi connectivity index (χ4v) is 3.08. The van der Waals surface area contributed by atoms with Gasteiger partial charge < -0.3 is 29.5 Å². The monoisotopic (exact) mass is 366 g/mol. The predicted octanol–water partition coefficient (Wildman–Crippen LogP) is 1.76. The highest BCUT2D eigenvalue weighted by Gasteiger charge is 2.42. The smallest absolute Gasteiger partial charge is 0.317 e. The molecule has 0 aliphatic carbocycles. The summed E-state index contributed by atoms with van der Waals surface area (Å²) in [5.74, 6) is 0.779. The number of carboxylic acid groups (broad SMARTS) is 1. The molecule has 2 amide bonds. The quantitative estimate of drug-likeness (QED) is 0.763. The fraction of sp³-hybridized carbons (Fsp3) is 0.556. The van der Waals surface area contributed by atoms with Crippen LogP contribution in [0, 0.1) is 5.41 Å². The summed E-state index contributed by atoms with van der Waals surface area (Å²) >= 11 is 0. The summed E-state index contributed by atoms with van der Waals surface area (Å²) in [5.41, 5.74) is 0.00596. The van der Waals surface area contributed by atoms with E-state index in [1.165, 1.54) is 0 Å². The van der Waals surface area contributed by atoms with Gasteiger partial charge in [0.05, 0.1) is 26.7 Å². The summed E-state index contributed by atoms with van der Waals surface area (Å²) in [6.07, 6.45) is 0.999. The van der Waals surface area contributed by atoms with E-state index in [2.05, 4.69) is 5.32 Å². The molecule has 0 spiro atoms. The van der Waals surface area contributed by atoms with Crippen molar-refractivity contribution in [3.63, 3.8) is 0 Å². The lowest BCUT2D eigenvalue weighted by Gasteiger charge is -2.21. The molecular formula is C18H26N2O6. The molecule has 1 aromatic rings. The minimum Gasteiger partial charge on any atom is -0.493 e. The molecule has 1 saturated heterocycles. The zero-order chi connectivity index (χ0) is 19.3. The normalized spacial score (nSPS) is 19.2. The van der Waals surface area contributed by atoms with E-state index in [0.29, 0.717) is 43.2 Å². The Labute approximate surface area is 153 Å². The van der Waals surface area contributed by atoms with Gasteiger partial charge in [0.25, 0.3) is 0 Å². The number of likely N-dealkylation sites (tertiary alicyclic amines) is 1. The van der Waals surface area contributed by atoms with E-state index in [9.17, 15) is 14.7 Å². The van der Waals surface area contributed by atoms with Gasteiger partial charge in [-0.25, -0.2) is 4.79 Å². The van der Waals surface area contributed by atoms with Gasteiger partial charge in [-0.05, 0) is 25.8 Å². The van der Waals surface area contributed by atoms with Crippen LogP contribution in [0.2, 0.25) is 0 Å². The Morgan fingerprint density at radius 1 is 1.19 bits per heavy atom. The summed E-state index contributed by atoms with van der Waals surface area (Å²) in [6, 6.07) is 3.40. The van der Waals surface area contributed by atoms with E-state index in [1.807, 2.05) is 6.07 Å². The average molecular weight is 366 g/mol. The van der Waals surface area contributed by atoms with Crippen molar-refractivity contribution in [3.8, 4) is 17.2 Å². The van der Waals surface area contributed by atoms with Crippen molar-refractivity contribution in [1.29, 1.82) is 0 Å². The van der Waals surface area contributed by atoms with Crippen molar-refractivity contribution in [2.45, 2.75) is 19.8 Å². The Balaban J connectivity index is 1.96. The maximum absolute atomic E-state index is 12.3. The predicted molar refractivity (Wildman–Crippen MR) is 95.1 cm³/mol. The minimum absolute atomic E-state index is 0.216. The molecular weight excluding hydrogens is 340 g/mol. The molecule has 0 bridgehead atoms. The molecule has 0 aromatic heterocycles. The van der Waals surface area contributed by atoms with Crippen molar-refractivity contribution in [1.82, 2.24) is 10.2 Å². The maximum Gasteiger partial charge on any atom is 0.317 e. The molecule has 1 unspecified atom stereocenters. The molecule has 1 heterocycles. The van der Waals surface area contributed by atoms with Crippen molar-refractivity contribution in [3.05, 3.63) is 17.7 Å². The van der Waals surface area contributed by atoms with Gasteiger partial charge in [0, 0.05) is 25.2 Å². The fourth-order valence-electron chi connectivity index (χ4n) is 3.08. The average Bonchev–Trinajstić information content (AvgIpc) is 3.04. The van der Waals surface area contributed by atoms with Crippen LogP contribution in [0.3, 0.4) is 0 Å². The molecule has 1 aromatic carbocycles. The number of carbonyl (C=O) groups excluding carboxylic acids is 1. The van der Waals surface area contributed by atoms with Crippen LogP contribution in [0.5, 0.6) is 17.2 Å². The number of rotatable bonds is 7. The first-order valence-electron chi connectivity index (χ1n) is 8.40. The number of methoxy groups -OCH3 is 3. The Bertz CT molecular complexity index is 678. The largest absolute Gasteiger partial charge is 0.493 e. The Morgan fingerprint density at radius 3 is 2.42 bits per heavy atom. The van der Waals surface area contributed by atoms with Crippen LogP contribution >= 0.6 is 0 Å². The second kappa shape index (κ2) is 8.16. The third-order valence-corrected chi connectivity index (χ3v) is 4.73. The number of carboxylic acids is 1. The highest BCUT2D eigenvalue weighted by Crippen LogP contribution is 2.39. The second-order valence-corrected chi connectivity index (χ2v) is 6.51. The maximum atomic E-state index is 12.3. The summed E-state index contributed by atoms with van der Waals surface area (Å²) in [4.78, 5) is 25.1. The van der Waals surface area contributed by atoms with Crippen LogP contribution in [0.15, 0.2) is 12.1 Å². The van der Waals surface area contributed by atoms with Crippen molar-refractivity contribution < 1.29 is 28.9 Å². The Hall–Kier alpha value is -2.64. The van der Waals surface area contributed by atoms with Crippen LogP contribution < -0.4 is 19.5 Å². The highest BCUT2D eigenvalue weighted by atomic mass is 16.5. The molecule has 144 valence electrons. The van der Waals surface area contributed by atoms with Crippen LogP contribution in [-0.2, 0) is 11.2 Å². The molecule has 2 N–H and O–H groups in total. The van der Waals surface area contributed by atoms with Gasteiger partial charge in [-0.1, -0.05) is 6.07 Å². The molecule has 8 heteroatoms. The molecule has 8 nitrogen and oxygen atoms in total. The molecule has 1 aliphatic heterocycles. The zero-order valence-electron chi connectivity index (χ0n) is 15.6. The lowest BCUT2D eigenvalue weighted by molar-refractivity contribution is -0.147. The van der Waals surface area contributed by atoms with E-state index in [4.69, 9.17) is 14.2 Å². The van der Waals surface area contributed by atoms with Crippen molar-refractivity contribution in [2.75, 3.05) is 41.0 Å². The van der Waals surface area contributed by atoms with E-state index in [0.717, 1.165) is 5.56 Å². The van der Waals surface area contributed by atoms with E-state index < -0.39 is 11.4 Å². The summed E-state index contributed by atoms with van der Waals surface area (Å²) in [5, 5.41) is 12.1. The molecule has 0 saturated carbocycles. The first-order chi connectivity index (χ1) is 12.4. The van der Waals surface area contributed by atoms with Gasteiger partial charge in [-0.15, -0.1) is 0 Å². The molecule has 1 fully saturated rings. The summed E-state index contributed by atoms with van der Waals surface area (Å²) < 4.78 is 16.0. The van der Waals surface area contributed by atoms with Crippen LogP contribution in [0.1, 0.15) is 18.9 Å². The molecule has 1 aliphatic rings. The third kappa shape index (κ3) is 3.95. The topological polar surface area (TPSA) is 97.3 Å². The third-order valence-electron chi connectivity index (χ3n) is 4.73. The molecule has 2 rings (SSSR count). The van der Waals surface area contributed by atoms with Crippen molar-refractivity contribution >= 4 is 12.0 Å². The molecule has 0 radical (unpaired) electrons. The Kier molecular flexibility index (Phi) is 6.18. The first-order valence-corrected chi connectivity index (χ1v) is 8.40. The minimum atomic E-state index is -0.872. The number of amides is 2. The number of nitrogens with zero attached hydrogens (tertiary/aromatic N) is 1. The van der Waals surface area contributed by atoms with E-state index in [-0.39, 0.29) is 12.6 Å². The van der Waals surface area contributed by atoms with E-state index >= 15 is 0 Å². The second-order valence-electron chi connectivity index (χ2n) is 6.51. The van der Waals surface area contributed by atoms with Crippen LogP contribution in [-0.4, -0.2) is 63.0 Å². The van der Waals surface area contributed by atoms with E-state index in [1.54, 1.807) is 39.2 Å². The summed E-state index contributed by atoms with van der Waals surface area (Å²) in [7, 11) is 4.65. The lowest BCUT2D eigenvalue weighted by Crippen LogP contribution is -2.41. The zero-order valence-corrected chi connectivity index (χ0v) is 15.6. The van der Waals surface area contributed by atoms with Gasteiger partial charge in [0.2, 0.25) is 5.75 Å². The van der Waals surface area contributed by atoms with Gasteiger partial charge in [-0.3, -0.25) is 4.79 Å². The SMILES string of the molecule is COc1ccc(CCNC(=O)N2CCC(C)(C(=O)O)C2)c(OC)c1OC. The number of aliphatic carboxylic acids is 1. The van der Waals surface area contributed by atoms with Crippen molar-refractivity contribution in [2.24, 2.45) is 5.41 Å². The number of hydrogen-bond donors (Lipinski definition) is 2. The summed E-state index contributed by atoms with van der Waals surface area (Å²) in [6.45, 7) is 2.71. The number of hydrogen-bond acceptors (Lipinski definition) is 5. The van der Waals surface area contributed by atoms with Gasteiger partial charge >= 0.3 is 12.0 Å². The molecule has 1 atom stereocenters. The van der Waals surface area contributed by atoms with Gasteiger partial charge in [0.1, 0.15) is 0 Å². The lowest BCUT2D eigenvalue weighted by atomic mass is 9.90.